The minimum absolute atomic E-state index is 0.383. The highest BCUT2D eigenvalue weighted by molar-refractivity contribution is 6.38. The standard InChI is InChI=1S/C18H15Cl2N3O2/c1-2-18(12-7-4-3-5-8-12)16(24)23(17(25)22-18)21-11-13-14(19)9-6-10-15(13)20/h3-11H,2H2,1H3,(H,22,25)/b21-11-/t18-/m1/s1. The van der Waals surface area contributed by atoms with Gasteiger partial charge in [0.15, 0.2) is 0 Å². The summed E-state index contributed by atoms with van der Waals surface area (Å²) < 4.78 is 0. The molecule has 0 bridgehead atoms. The molecule has 0 radical (unpaired) electrons. The van der Waals surface area contributed by atoms with Crippen molar-refractivity contribution < 1.29 is 9.59 Å². The molecule has 1 N–H and O–H groups in total. The van der Waals surface area contributed by atoms with Gasteiger partial charge in [-0.3, -0.25) is 4.79 Å². The highest BCUT2D eigenvalue weighted by Gasteiger charge is 2.51. The van der Waals surface area contributed by atoms with Crippen molar-refractivity contribution in [3.63, 3.8) is 0 Å². The van der Waals surface area contributed by atoms with Crippen LogP contribution in [0.25, 0.3) is 0 Å². The summed E-state index contributed by atoms with van der Waals surface area (Å²) in [5, 5.41) is 8.36. The third-order valence-electron chi connectivity index (χ3n) is 4.17. The molecule has 0 aromatic heterocycles. The molecule has 5 nitrogen and oxygen atoms in total. The molecule has 2 aromatic carbocycles. The summed E-state index contributed by atoms with van der Waals surface area (Å²) in [6.45, 7) is 1.84. The van der Waals surface area contributed by atoms with Gasteiger partial charge < -0.3 is 5.32 Å². The molecule has 0 saturated carbocycles. The van der Waals surface area contributed by atoms with Gasteiger partial charge in [-0.15, -0.1) is 5.01 Å². The Hall–Kier alpha value is -2.37. The molecule has 1 aliphatic heterocycles. The molecule has 1 saturated heterocycles. The van der Waals surface area contributed by atoms with E-state index < -0.39 is 17.5 Å². The number of hydrazone groups is 1. The molecule has 1 aliphatic rings. The Morgan fingerprint density at radius 2 is 1.72 bits per heavy atom. The average molecular weight is 376 g/mol. The van der Waals surface area contributed by atoms with E-state index in [1.807, 2.05) is 25.1 Å². The maximum Gasteiger partial charge on any atom is 0.346 e. The van der Waals surface area contributed by atoms with Gasteiger partial charge >= 0.3 is 6.03 Å². The van der Waals surface area contributed by atoms with Crippen molar-refractivity contribution in [2.45, 2.75) is 18.9 Å². The number of nitrogens with zero attached hydrogens (tertiary/aromatic N) is 2. The number of hydrogen-bond acceptors (Lipinski definition) is 3. The fraction of sp³-hybridized carbons (Fsp3) is 0.167. The Morgan fingerprint density at radius 3 is 2.32 bits per heavy atom. The minimum Gasteiger partial charge on any atom is -0.318 e. The van der Waals surface area contributed by atoms with Crippen molar-refractivity contribution in [2.24, 2.45) is 5.10 Å². The van der Waals surface area contributed by atoms with E-state index in [-0.39, 0.29) is 0 Å². The molecular weight excluding hydrogens is 361 g/mol. The highest BCUT2D eigenvalue weighted by atomic mass is 35.5. The number of carbonyl (C=O) groups is 2. The minimum atomic E-state index is -1.13. The lowest BCUT2D eigenvalue weighted by Crippen LogP contribution is -2.43. The molecule has 1 atom stereocenters. The van der Waals surface area contributed by atoms with Gasteiger partial charge in [-0.25, -0.2) is 4.79 Å². The quantitative estimate of drug-likeness (QED) is 0.643. The Labute approximate surface area is 155 Å². The summed E-state index contributed by atoms with van der Waals surface area (Å²) in [4.78, 5) is 25.3. The second-order valence-electron chi connectivity index (χ2n) is 5.55. The van der Waals surface area contributed by atoms with Crippen LogP contribution in [0.1, 0.15) is 24.5 Å². The van der Waals surface area contributed by atoms with E-state index in [1.54, 1.807) is 30.3 Å². The maximum absolute atomic E-state index is 12.9. The predicted molar refractivity (Wildman–Crippen MR) is 97.8 cm³/mol. The van der Waals surface area contributed by atoms with Crippen molar-refractivity contribution in [2.75, 3.05) is 0 Å². The van der Waals surface area contributed by atoms with Crippen LogP contribution in [0, 0.1) is 0 Å². The van der Waals surface area contributed by atoms with Crippen LogP contribution >= 0.6 is 23.2 Å². The number of carbonyl (C=O) groups excluding carboxylic acids is 2. The normalized spacial score (nSPS) is 20.4. The van der Waals surface area contributed by atoms with Gasteiger partial charge in [0.05, 0.1) is 16.3 Å². The molecule has 7 heteroatoms. The summed E-state index contributed by atoms with van der Waals surface area (Å²) in [7, 11) is 0. The zero-order chi connectivity index (χ0) is 18.0. The molecule has 0 aliphatic carbocycles. The first-order chi connectivity index (χ1) is 12.0. The van der Waals surface area contributed by atoms with Gasteiger partial charge in [-0.2, -0.15) is 5.10 Å². The average Bonchev–Trinajstić information content (AvgIpc) is 2.87. The number of imide groups is 1. The van der Waals surface area contributed by atoms with E-state index in [0.29, 0.717) is 27.6 Å². The summed E-state index contributed by atoms with van der Waals surface area (Å²) in [6, 6.07) is 13.5. The number of nitrogens with one attached hydrogen (secondary N) is 1. The van der Waals surface area contributed by atoms with Crippen molar-refractivity contribution >= 4 is 41.4 Å². The Balaban J connectivity index is 1.95. The van der Waals surface area contributed by atoms with Gasteiger partial charge in [0.25, 0.3) is 5.91 Å². The van der Waals surface area contributed by atoms with Crippen LogP contribution in [-0.2, 0) is 10.3 Å². The molecule has 2 aromatic rings. The van der Waals surface area contributed by atoms with Crippen LogP contribution in [-0.4, -0.2) is 23.2 Å². The van der Waals surface area contributed by atoms with Gasteiger partial charge in [-0.05, 0) is 24.1 Å². The van der Waals surface area contributed by atoms with Crippen LogP contribution in [0.3, 0.4) is 0 Å². The van der Waals surface area contributed by atoms with Crippen molar-refractivity contribution in [1.29, 1.82) is 0 Å². The zero-order valence-corrected chi connectivity index (χ0v) is 14.9. The number of benzene rings is 2. The molecule has 0 spiro atoms. The molecule has 1 heterocycles. The molecule has 1 fully saturated rings. The van der Waals surface area contributed by atoms with Crippen LogP contribution < -0.4 is 5.32 Å². The predicted octanol–water partition coefficient (Wildman–Crippen LogP) is 4.18. The van der Waals surface area contributed by atoms with Crippen LogP contribution in [0.5, 0.6) is 0 Å². The maximum atomic E-state index is 12.9. The van der Waals surface area contributed by atoms with E-state index >= 15 is 0 Å². The summed E-state index contributed by atoms with van der Waals surface area (Å²) >= 11 is 12.2. The number of rotatable bonds is 4. The van der Waals surface area contributed by atoms with Gasteiger partial charge in [0, 0.05) is 5.56 Å². The van der Waals surface area contributed by atoms with Crippen LogP contribution in [0.15, 0.2) is 53.6 Å². The lowest BCUT2D eigenvalue weighted by Gasteiger charge is -2.24. The SMILES string of the molecule is CC[C@]1(c2ccccc2)NC(=O)N(/N=C\c2c(Cl)cccc2Cl)C1=O. The lowest BCUT2D eigenvalue weighted by atomic mass is 9.87. The fourth-order valence-corrected chi connectivity index (χ4v) is 3.27. The smallest absolute Gasteiger partial charge is 0.318 e. The number of amides is 3. The lowest BCUT2D eigenvalue weighted by molar-refractivity contribution is -0.131. The first-order valence-corrected chi connectivity index (χ1v) is 8.45. The number of halogens is 2. The van der Waals surface area contributed by atoms with Crippen molar-refractivity contribution in [1.82, 2.24) is 10.3 Å². The molecule has 128 valence electrons. The summed E-state index contributed by atoms with van der Waals surface area (Å²) in [5.74, 6) is -0.439. The van der Waals surface area contributed by atoms with E-state index in [0.717, 1.165) is 5.01 Å². The highest BCUT2D eigenvalue weighted by Crippen LogP contribution is 2.32. The van der Waals surface area contributed by atoms with Gasteiger partial charge in [-0.1, -0.05) is 66.5 Å². The number of urea groups is 1. The monoisotopic (exact) mass is 375 g/mol. The third-order valence-corrected chi connectivity index (χ3v) is 4.83. The first kappa shape index (κ1) is 17.5. The zero-order valence-electron chi connectivity index (χ0n) is 13.4. The largest absolute Gasteiger partial charge is 0.346 e. The fourth-order valence-electron chi connectivity index (χ4n) is 2.78. The van der Waals surface area contributed by atoms with Crippen LogP contribution in [0.4, 0.5) is 4.79 Å². The molecule has 3 rings (SSSR count). The number of hydrogen-bond donors (Lipinski definition) is 1. The molecule has 25 heavy (non-hydrogen) atoms. The van der Waals surface area contributed by atoms with E-state index in [9.17, 15) is 9.59 Å². The first-order valence-electron chi connectivity index (χ1n) is 7.70. The van der Waals surface area contributed by atoms with E-state index in [4.69, 9.17) is 23.2 Å². The van der Waals surface area contributed by atoms with Gasteiger partial charge in [0.2, 0.25) is 0 Å². The van der Waals surface area contributed by atoms with Crippen molar-refractivity contribution in [3.8, 4) is 0 Å². The topological polar surface area (TPSA) is 61.8 Å². The second kappa shape index (κ2) is 6.86. The van der Waals surface area contributed by atoms with Crippen LogP contribution in [0.2, 0.25) is 10.0 Å². The van der Waals surface area contributed by atoms with Gasteiger partial charge in [0.1, 0.15) is 5.54 Å². The Bertz CT molecular complexity index is 834. The molecule has 3 amide bonds. The molecule has 0 unspecified atom stereocenters. The van der Waals surface area contributed by atoms with Crippen molar-refractivity contribution in [3.05, 3.63) is 69.7 Å². The molecular formula is C18H15Cl2N3O2. The van der Waals surface area contributed by atoms with E-state index in [1.165, 1.54) is 6.21 Å². The van der Waals surface area contributed by atoms with E-state index in [2.05, 4.69) is 10.4 Å². The summed E-state index contributed by atoms with van der Waals surface area (Å²) in [6.07, 6.45) is 1.72. The second-order valence-corrected chi connectivity index (χ2v) is 6.37. The third kappa shape index (κ3) is 3.01. The summed E-state index contributed by atoms with van der Waals surface area (Å²) in [5.41, 5.74) is 0.0319. The Kier molecular flexibility index (Phi) is 4.79. The Morgan fingerprint density at radius 1 is 1.08 bits per heavy atom.